The maximum atomic E-state index is 2.74. The molecule has 0 N–H and O–H groups in total. The Morgan fingerprint density at radius 1 is 0.867 bits per heavy atom. The van der Waals surface area contributed by atoms with Crippen molar-refractivity contribution in [3.8, 4) is 0 Å². The van der Waals surface area contributed by atoms with Gasteiger partial charge in [-0.1, -0.05) is 0 Å². The van der Waals surface area contributed by atoms with E-state index in [4.69, 9.17) is 0 Å². The number of benzene rings is 1. The summed E-state index contributed by atoms with van der Waals surface area (Å²) >= 11 is -2.07. The van der Waals surface area contributed by atoms with Crippen LogP contribution in [0.4, 0.5) is 0 Å². The molecule has 0 nitrogen and oxygen atoms in total. The summed E-state index contributed by atoms with van der Waals surface area (Å²) in [5, 5.41) is 11.5. The minimum atomic E-state index is -2.07. The van der Waals surface area contributed by atoms with Crippen molar-refractivity contribution in [2.75, 3.05) is 0 Å². The van der Waals surface area contributed by atoms with Crippen molar-refractivity contribution < 1.29 is 16.6 Å². The van der Waals surface area contributed by atoms with Gasteiger partial charge in [0, 0.05) is 0 Å². The topological polar surface area (TPSA) is 0 Å². The molecule has 0 bridgehead atoms. The molecule has 3 unspecified atom stereocenters. The SMILES string of the molecule is CCC(C)[Si](C)(c1cc(C)cc([Si](C)(C)C)c1)C1(C)C(C)=C(C)C(C)=[C]1[Ti]([CH3])([CH3])[CH3]. The molecule has 0 amide bonds. The van der Waals surface area contributed by atoms with E-state index in [1.807, 2.05) is 3.88 Å². The van der Waals surface area contributed by atoms with Crippen LogP contribution in [0.25, 0.3) is 0 Å². The molecule has 0 aliphatic heterocycles. The zero-order valence-electron chi connectivity index (χ0n) is 22.5. The fourth-order valence-electron chi connectivity index (χ4n) is 6.36. The van der Waals surface area contributed by atoms with Crippen LogP contribution >= 0.6 is 0 Å². The first-order valence-corrected chi connectivity index (χ1v) is 23.5. The molecule has 0 saturated carbocycles. The second-order valence-corrected chi connectivity index (χ2v) is 30.3. The fraction of sp³-hybridized carbons (Fsp3) is 0.630. The minimum absolute atomic E-state index is 0.235. The van der Waals surface area contributed by atoms with E-state index in [1.165, 1.54) is 12.0 Å². The number of rotatable bonds is 6. The third-order valence-corrected chi connectivity index (χ3v) is 21.4. The zero-order valence-corrected chi connectivity index (χ0v) is 26.1. The molecule has 3 atom stereocenters. The van der Waals surface area contributed by atoms with Gasteiger partial charge in [-0.2, -0.15) is 0 Å². The standard InChI is InChI=1S/C24H39Si2.3CH3.Ti/c1-12-19(4)26(11,24(7)16-18(3)20(5)21(24)6)23-14-17(2)13-22(15-23)25(8,9)10;;;;/h13-15,19H,12H2,1-11H3;3*1H3;. The van der Waals surface area contributed by atoms with Crippen LogP contribution in [0.3, 0.4) is 0 Å². The number of aryl methyl sites for hydroxylation is 1. The Morgan fingerprint density at radius 2 is 1.37 bits per heavy atom. The Kier molecular flexibility index (Phi) is 7.24. The molecule has 0 aromatic heterocycles. The van der Waals surface area contributed by atoms with Gasteiger partial charge in [-0.3, -0.25) is 0 Å². The Labute approximate surface area is 194 Å². The summed E-state index contributed by atoms with van der Waals surface area (Å²) in [5.74, 6) is 0. The van der Waals surface area contributed by atoms with Crippen molar-refractivity contribution in [2.45, 2.75) is 107 Å². The van der Waals surface area contributed by atoms with E-state index in [0.717, 1.165) is 5.54 Å². The van der Waals surface area contributed by atoms with E-state index in [9.17, 15) is 0 Å². The Bertz CT molecular complexity index is 894. The summed E-state index contributed by atoms with van der Waals surface area (Å²) in [6, 6.07) is 7.73. The molecule has 0 fully saturated rings. The zero-order chi connectivity index (χ0) is 23.4. The molecule has 30 heavy (non-hydrogen) atoms. The molecule has 0 radical (unpaired) electrons. The van der Waals surface area contributed by atoms with Gasteiger partial charge in [0.2, 0.25) is 0 Å². The summed E-state index contributed by atoms with van der Waals surface area (Å²) in [5.41, 5.74) is 7.12. The van der Waals surface area contributed by atoms with Gasteiger partial charge in [0.1, 0.15) is 0 Å². The van der Waals surface area contributed by atoms with Crippen molar-refractivity contribution in [1.29, 1.82) is 0 Å². The van der Waals surface area contributed by atoms with Gasteiger partial charge in [-0.05, 0) is 0 Å². The van der Waals surface area contributed by atoms with E-state index < -0.39 is 32.7 Å². The third kappa shape index (κ3) is 4.00. The van der Waals surface area contributed by atoms with Gasteiger partial charge >= 0.3 is 195 Å². The van der Waals surface area contributed by atoms with Crippen LogP contribution in [0.15, 0.2) is 38.8 Å². The number of hydrogen-bond acceptors (Lipinski definition) is 0. The Hall–Kier alpha value is -0.152. The van der Waals surface area contributed by atoms with E-state index >= 15 is 0 Å². The summed E-state index contributed by atoms with van der Waals surface area (Å²) in [6.07, 6.45) is 1.27. The quantitative estimate of drug-likeness (QED) is 0.362. The molecule has 1 aliphatic rings. The average Bonchev–Trinajstić information content (AvgIpc) is 2.80. The molecular weight excluding hydrogens is 428 g/mol. The second kappa shape index (κ2) is 8.32. The van der Waals surface area contributed by atoms with Crippen LogP contribution in [0.2, 0.25) is 52.5 Å². The Balaban J connectivity index is 2.98. The predicted octanol–water partition coefficient (Wildman–Crippen LogP) is 8.31. The molecule has 2 rings (SSSR count). The van der Waals surface area contributed by atoms with Crippen molar-refractivity contribution in [1.82, 2.24) is 0 Å². The van der Waals surface area contributed by atoms with E-state index in [0.29, 0.717) is 0 Å². The van der Waals surface area contributed by atoms with Gasteiger partial charge in [0.15, 0.2) is 0 Å². The van der Waals surface area contributed by atoms with E-state index in [-0.39, 0.29) is 5.04 Å². The molecule has 0 heterocycles. The molecule has 168 valence electrons. The third-order valence-electron chi connectivity index (χ3n) is 8.68. The molecule has 1 aromatic rings. The molecule has 1 aliphatic carbocycles. The first-order chi connectivity index (χ1) is 13.4. The van der Waals surface area contributed by atoms with Crippen LogP contribution in [0, 0.1) is 6.92 Å². The van der Waals surface area contributed by atoms with Crippen molar-refractivity contribution in [3.05, 3.63) is 44.4 Å². The van der Waals surface area contributed by atoms with Gasteiger partial charge in [-0.25, -0.2) is 0 Å². The van der Waals surface area contributed by atoms with Gasteiger partial charge < -0.3 is 0 Å². The van der Waals surface area contributed by atoms with Crippen LogP contribution in [-0.2, 0) is 16.6 Å². The molecule has 1 aromatic carbocycles. The maximum absolute atomic E-state index is 2.74. The number of hydrogen-bond donors (Lipinski definition) is 0. The van der Waals surface area contributed by atoms with E-state index in [2.05, 4.69) is 109 Å². The van der Waals surface area contributed by atoms with E-state index in [1.54, 1.807) is 27.1 Å². The average molecular weight is 477 g/mol. The fourth-order valence-corrected chi connectivity index (χ4v) is 20.8. The van der Waals surface area contributed by atoms with Gasteiger partial charge in [-0.15, -0.1) is 0 Å². The first-order valence-electron chi connectivity index (χ1n) is 12.0. The molecular formula is C27H48Si2Ti. The summed E-state index contributed by atoms with van der Waals surface area (Å²) in [7, 11) is -3.30. The molecule has 3 heteroatoms. The van der Waals surface area contributed by atoms with Gasteiger partial charge in [0.25, 0.3) is 0 Å². The normalized spacial score (nSPS) is 23.8. The first kappa shape index (κ1) is 26.1. The van der Waals surface area contributed by atoms with Crippen LogP contribution < -0.4 is 10.4 Å². The molecule has 0 saturated heterocycles. The second-order valence-electron chi connectivity index (χ2n) is 12.5. The monoisotopic (exact) mass is 476 g/mol. The summed E-state index contributed by atoms with van der Waals surface area (Å²) < 4.78 is 1.89. The van der Waals surface area contributed by atoms with Crippen molar-refractivity contribution in [2.24, 2.45) is 0 Å². The predicted molar refractivity (Wildman–Crippen MR) is 142 cm³/mol. The van der Waals surface area contributed by atoms with Crippen LogP contribution in [-0.4, -0.2) is 16.1 Å². The van der Waals surface area contributed by atoms with Crippen molar-refractivity contribution in [3.63, 3.8) is 0 Å². The van der Waals surface area contributed by atoms with Crippen molar-refractivity contribution >= 4 is 26.5 Å². The summed E-state index contributed by atoms with van der Waals surface area (Å²) in [4.78, 5) is 0. The van der Waals surface area contributed by atoms with Gasteiger partial charge in [0.05, 0.1) is 0 Å². The summed E-state index contributed by atoms with van der Waals surface area (Å²) in [6.45, 7) is 27.5. The molecule has 0 spiro atoms. The van der Waals surface area contributed by atoms with Crippen LogP contribution in [0.1, 0.15) is 53.5 Å². The Morgan fingerprint density at radius 3 is 1.80 bits per heavy atom. The number of allylic oxidation sites excluding steroid dienone is 4. The van der Waals surface area contributed by atoms with Crippen LogP contribution in [0.5, 0.6) is 0 Å².